The third-order valence-corrected chi connectivity index (χ3v) is 5.07. The molecule has 0 aliphatic carbocycles. The van der Waals surface area contributed by atoms with E-state index in [2.05, 4.69) is 27.1 Å². The van der Waals surface area contributed by atoms with Gasteiger partial charge in [-0.3, -0.25) is 9.59 Å². The van der Waals surface area contributed by atoms with Gasteiger partial charge in [-0.05, 0) is 24.6 Å². The summed E-state index contributed by atoms with van der Waals surface area (Å²) in [6, 6.07) is 8.93. The smallest absolute Gasteiger partial charge is 0.268 e. The maximum absolute atomic E-state index is 12.0. The second-order valence-corrected chi connectivity index (χ2v) is 7.00. The van der Waals surface area contributed by atoms with Gasteiger partial charge >= 0.3 is 0 Å². The van der Waals surface area contributed by atoms with Crippen LogP contribution in [0.5, 0.6) is 0 Å². The Morgan fingerprint density at radius 1 is 1.38 bits per heavy atom. The van der Waals surface area contributed by atoms with Crippen molar-refractivity contribution in [1.82, 2.24) is 19.9 Å². The average molecular weight is 389 g/mol. The number of rotatable bonds is 3. The summed E-state index contributed by atoms with van der Waals surface area (Å²) in [6.45, 7) is 0.162. The quantitative estimate of drug-likeness (QED) is 0.566. The molecular formula is C21H19N5O3. The number of nitrogens with two attached hydrogens (primary N) is 1. The number of carbonyl (C=O) groups excluding carboxylic acids is 2. The molecule has 4 N–H and O–H groups in total. The van der Waals surface area contributed by atoms with Crippen LogP contribution in [0.4, 0.5) is 0 Å². The second kappa shape index (κ2) is 7.04. The number of benzene rings is 1. The van der Waals surface area contributed by atoms with Crippen LogP contribution in [0.3, 0.4) is 0 Å². The molecule has 0 spiro atoms. The van der Waals surface area contributed by atoms with Gasteiger partial charge in [0.25, 0.3) is 5.91 Å². The maximum Gasteiger partial charge on any atom is 0.268 e. The average Bonchev–Trinajstić information content (AvgIpc) is 3.29. The first-order valence-electron chi connectivity index (χ1n) is 9.09. The summed E-state index contributed by atoms with van der Waals surface area (Å²) in [5.74, 6) is 5.37. The van der Waals surface area contributed by atoms with Crippen LogP contribution < -0.4 is 11.1 Å². The number of hydrogen-bond donors (Lipinski definition) is 3. The van der Waals surface area contributed by atoms with Crippen molar-refractivity contribution in [2.75, 3.05) is 13.2 Å². The minimum Gasteiger partial charge on any atom is -0.394 e. The topological polar surface area (TPSA) is 123 Å². The summed E-state index contributed by atoms with van der Waals surface area (Å²) >= 11 is 0. The van der Waals surface area contributed by atoms with Crippen molar-refractivity contribution in [1.29, 1.82) is 0 Å². The molecule has 2 amide bonds. The molecule has 1 aliphatic rings. The summed E-state index contributed by atoms with van der Waals surface area (Å²) in [7, 11) is 1.83. The molecule has 0 bridgehead atoms. The zero-order chi connectivity index (χ0) is 20.6. The zero-order valence-corrected chi connectivity index (χ0v) is 15.8. The van der Waals surface area contributed by atoms with Crippen LogP contribution in [0, 0.1) is 17.3 Å². The van der Waals surface area contributed by atoms with Gasteiger partial charge in [-0.2, -0.15) is 0 Å². The van der Waals surface area contributed by atoms with Crippen LogP contribution in [0.2, 0.25) is 0 Å². The summed E-state index contributed by atoms with van der Waals surface area (Å²) in [5, 5.41) is 13.0. The number of aliphatic hydroxyl groups excluding tert-OH is 1. The van der Waals surface area contributed by atoms with Gasteiger partial charge in [0.2, 0.25) is 5.91 Å². The highest BCUT2D eigenvalue weighted by Gasteiger charge is 2.40. The molecule has 8 nitrogen and oxygen atoms in total. The predicted octanol–water partition coefficient (Wildman–Crippen LogP) is 0.584. The Kier molecular flexibility index (Phi) is 4.53. The molecule has 8 heteroatoms. The molecule has 1 fully saturated rings. The number of aliphatic hydroxyl groups is 1. The Bertz CT molecular complexity index is 1200. The third-order valence-electron chi connectivity index (χ3n) is 5.07. The van der Waals surface area contributed by atoms with Crippen molar-refractivity contribution < 1.29 is 14.7 Å². The van der Waals surface area contributed by atoms with E-state index in [1.807, 2.05) is 13.1 Å². The molecule has 0 radical (unpaired) electrons. The molecular weight excluding hydrogens is 370 g/mol. The van der Waals surface area contributed by atoms with E-state index in [9.17, 15) is 14.7 Å². The van der Waals surface area contributed by atoms with Gasteiger partial charge in [-0.25, -0.2) is 9.97 Å². The molecule has 3 aromatic rings. The van der Waals surface area contributed by atoms with E-state index >= 15 is 0 Å². The van der Waals surface area contributed by atoms with Crippen LogP contribution >= 0.6 is 0 Å². The maximum atomic E-state index is 12.0. The molecule has 1 aromatic carbocycles. The number of amides is 2. The molecule has 2 aromatic heterocycles. The van der Waals surface area contributed by atoms with E-state index in [4.69, 9.17) is 5.73 Å². The molecule has 1 atom stereocenters. The first-order valence-corrected chi connectivity index (χ1v) is 9.09. The Hall–Kier alpha value is -3.70. The number of nitrogens with zero attached hydrogens (tertiary/aromatic N) is 3. The molecule has 0 unspecified atom stereocenters. The van der Waals surface area contributed by atoms with E-state index in [1.54, 1.807) is 35.0 Å². The third kappa shape index (κ3) is 3.22. The van der Waals surface area contributed by atoms with Gasteiger partial charge < -0.3 is 20.7 Å². The minimum absolute atomic E-state index is 0.156. The SMILES string of the molecule is Cn1ccc2c(C(N)=O)nc(-c3cccc(C#C[C@@]4(CO)CCNC4=O)c3)nc21. The molecule has 0 saturated carbocycles. The van der Waals surface area contributed by atoms with Crippen molar-refractivity contribution in [2.24, 2.45) is 18.2 Å². The Morgan fingerprint density at radius 3 is 2.90 bits per heavy atom. The summed E-state index contributed by atoms with van der Waals surface area (Å²) in [6.07, 6.45) is 2.25. The largest absolute Gasteiger partial charge is 0.394 e. The molecule has 1 saturated heterocycles. The molecule has 146 valence electrons. The number of aromatic nitrogens is 3. The standard InChI is InChI=1S/C21H19N5O3/c1-26-10-6-15-16(17(22)28)24-18(25-19(15)26)14-4-2-3-13(11-14)5-7-21(12-27)8-9-23-20(21)29/h2-4,6,10-11,27H,8-9,12H2,1H3,(H2,22,28)(H,23,29)/t21-/m0/s1. The fraction of sp³-hybridized carbons (Fsp3) is 0.238. The summed E-state index contributed by atoms with van der Waals surface area (Å²) < 4.78 is 1.79. The van der Waals surface area contributed by atoms with Crippen LogP contribution in [-0.2, 0) is 11.8 Å². The number of carbonyl (C=O) groups is 2. The minimum atomic E-state index is -1.08. The zero-order valence-electron chi connectivity index (χ0n) is 15.8. The molecule has 1 aliphatic heterocycles. The van der Waals surface area contributed by atoms with Crippen LogP contribution in [0.15, 0.2) is 36.5 Å². The molecule has 3 heterocycles. The summed E-state index contributed by atoms with van der Waals surface area (Å²) in [4.78, 5) is 32.8. The highest BCUT2D eigenvalue weighted by Crippen LogP contribution is 2.26. The lowest BCUT2D eigenvalue weighted by Crippen LogP contribution is -2.33. The number of hydrogen-bond acceptors (Lipinski definition) is 5. The van der Waals surface area contributed by atoms with Crippen LogP contribution in [0.25, 0.3) is 22.4 Å². The Morgan fingerprint density at radius 2 is 2.21 bits per heavy atom. The van der Waals surface area contributed by atoms with Crippen molar-refractivity contribution in [3.05, 3.63) is 47.8 Å². The van der Waals surface area contributed by atoms with E-state index in [0.29, 0.717) is 41.0 Å². The van der Waals surface area contributed by atoms with Crippen molar-refractivity contribution in [2.45, 2.75) is 6.42 Å². The van der Waals surface area contributed by atoms with Crippen LogP contribution in [0.1, 0.15) is 22.5 Å². The van der Waals surface area contributed by atoms with E-state index < -0.39 is 11.3 Å². The number of primary amides is 1. The van der Waals surface area contributed by atoms with Crippen LogP contribution in [-0.4, -0.2) is 44.6 Å². The predicted molar refractivity (Wildman–Crippen MR) is 106 cm³/mol. The van der Waals surface area contributed by atoms with Gasteiger partial charge in [0.15, 0.2) is 5.82 Å². The molecule has 29 heavy (non-hydrogen) atoms. The van der Waals surface area contributed by atoms with Gasteiger partial charge in [-0.15, -0.1) is 0 Å². The van der Waals surface area contributed by atoms with E-state index in [-0.39, 0.29) is 18.2 Å². The van der Waals surface area contributed by atoms with Crippen molar-refractivity contribution >= 4 is 22.8 Å². The lowest BCUT2D eigenvalue weighted by molar-refractivity contribution is -0.126. The monoisotopic (exact) mass is 389 g/mol. The van der Waals surface area contributed by atoms with Crippen molar-refractivity contribution in [3.8, 4) is 23.2 Å². The first-order chi connectivity index (χ1) is 13.9. The second-order valence-electron chi connectivity index (χ2n) is 7.00. The highest BCUT2D eigenvalue weighted by molar-refractivity contribution is 6.03. The fourth-order valence-electron chi connectivity index (χ4n) is 3.36. The van der Waals surface area contributed by atoms with E-state index in [0.717, 1.165) is 0 Å². The Labute approximate surface area is 166 Å². The van der Waals surface area contributed by atoms with Crippen molar-refractivity contribution in [3.63, 3.8) is 0 Å². The highest BCUT2D eigenvalue weighted by atomic mass is 16.3. The fourth-order valence-corrected chi connectivity index (χ4v) is 3.36. The number of aryl methyl sites for hydroxylation is 1. The van der Waals surface area contributed by atoms with Gasteiger partial charge in [0, 0.05) is 30.9 Å². The van der Waals surface area contributed by atoms with Gasteiger partial charge in [0.1, 0.15) is 16.8 Å². The number of nitrogens with one attached hydrogen (secondary N) is 1. The Balaban J connectivity index is 1.77. The lowest BCUT2D eigenvalue weighted by atomic mass is 9.88. The first kappa shape index (κ1) is 18.7. The van der Waals surface area contributed by atoms with Gasteiger partial charge in [-0.1, -0.05) is 24.0 Å². The number of fused-ring (bicyclic) bond motifs is 1. The normalized spacial score (nSPS) is 18.3. The lowest BCUT2D eigenvalue weighted by Gasteiger charge is -2.15. The summed E-state index contributed by atoms with van der Waals surface area (Å²) in [5.41, 5.74) is 6.49. The van der Waals surface area contributed by atoms with E-state index in [1.165, 1.54) is 0 Å². The molecule has 4 rings (SSSR count). The van der Waals surface area contributed by atoms with Gasteiger partial charge in [0.05, 0.1) is 12.0 Å².